The van der Waals surface area contributed by atoms with E-state index in [1.54, 1.807) is 19.3 Å². The van der Waals surface area contributed by atoms with Gasteiger partial charge in [-0.15, -0.1) is 0 Å². The number of carbonyl (C=O) groups excluding carboxylic acids is 2. The van der Waals surface area contributed by atoms with Gasteiger partial charge in [0.25, 0.3) is 0 Å². The van der Waals surface area contributed by atoms with E-state index in [-0.39, 0.29) is 17.5 Å². The van der Waals surface area contributed by atoms with E-state index in [4.69, 9.17) is 9.47 Å². The van der Waals surface area contributed by atoms with Crippen LogP contribution in [0.15, 0.2) is 30.0 Å². The third kappa shape index (κ3) is 4.58. The minimum atomic E-state index is -0.569. The van der Waals surface area contributed by atoms with Gasteiger partial charge < -0.3 is 14.8 Å². The van der Waals surface area contributed by atoms with Gasteiger partial charge in [-0.2, -0.15) is 0 Å². The van der Waals surface area contributed by atoms with E-state index in [2.05, 4.69) is 5.32 Å². The van der Waals surface area contributed by atoms with Crippen molar-refractivity contribution >= 4 is 18.0 Å². The number of amides is 1. The summed E-state index contributed by atoms with van der Waals surface area (Å²) in [6.45, 7) is 0. The van der Waals surface area contributed by atoms with Crippen LogP contribution in [0.1, 0.15) is 37.7 Å². The first-order valence-corrected chi connectivity index (χ1v) is 7.89. The van der Waals surface area contributed by atoms with E-state index in [1.165, 1.54) is 13.5 Å². The van der Waals surface area contributed by atoms with Crippen molar-refractivity contribution in [2.45, 2.75) is 32.1 Å². The van der Waals surface area contributed by atoms with Crippen LogP contribution in [0.4, 0.5) is 0 Å². The van der Waals surface area contributed by atoms with Crippen LogP contribution in [0.3, 0.4) is 0 Å². The van der Waals surface area contributed by atoms with Crippen LogP contribution < -0.4 is 10.1 Å². The summed E-state index contributed by atoms with van der Waals surface area (Å²) in [4.78, 5) is 24.4. The fraction of sp³-hybridized carbons (Fsp3) is 0.444. The predicted octanol–water partition coefficient (Wildman–Crippen LogP) is 2.91. The second-order valence-electron chi connectivity index (χ2n) is 5.62. The Morgan fingerprint density at radius 1 is 1.13 bits per heavy atom. The predicted molar refractivity (Wildman–Crippen MR) is 87.7 cm³/mol. The van der Waals surface area contributed by atoms with Gasteiger partial charge in [0.05, 0.1) is 14.2 Å². The van der Waals surface area contributed by atoms with Crippen LogP contribution in [0.2, 0.25) is 0 Å². The number of esters is 1. The zero-order valence-electron chi connectivity index (χ0n) is 13.6. The molecule has 1 aromatic rings. The largest absolute Gasteiger partial charge is 0.496 e. The number of hydrogen-bond acceptors (Lipinski definition) is 4. The molecule has 1 amide bonds. The monoisotopic (exact) mass is 317 g/mol. The second-order valence-corrected chi connectivity index (χ2v) is 5.62. The summed E-state index contributed by atoms with van der Waals surface area (Å²) in [5, 5.41) is 2.73. The molecule has 1 saturated carbocycles. The Kier molecular flexibility index (Phi) is 6.20. The molecule has 0 aromatic heterocycles. The first kappa shape index (κ1) is 17.1. The van der Waals surface area contributed by atoms with Crippen molar-refractivity contribution in [2.75, 3.05) is 14.2 Å². The number of benzene rings is 1. The molecule has 0 saturated heterocycles. The lowest BCUT2D eigenvalue weighted by Gasteiger charge is -2.21. The van der Waals surface area contributed by atoms with Crippen LogP contribution in [0.25, 0.3) is 6.08 Å². The Morgan fingerprint density at radius 2 is 1.83 bits per heavy atom. The molecule has 0 radical (unpaired) electrons. The molecule has 0 aliphatic heterocycles. The van der Waals surface area contributed by atoms with Gasteiger partial charge in [-0.3, -0.25) is 4.79 Å². The van der Waals surface area contributed by atoms with Crippen LogP contribution in [0.5, 0.6) is 5.75 Å². The van der Waals surface area contributed by atoms with Gasteiger partial charge in [0.15, 0.2) is 0 Å². The van der Waals surface area contributed by atoms with Crippen LogP contribution in [-0.2, 0) is 14.3 Å². The highest BCUT2D eigenvalue weighted by atomic mass is 16.5. The van der Waals surface area contributed by atoms with E-state index < -0.39 is 5.97 Å². The van der Waals surface area contributed by atoms with Gasteiger partial charge in [0.2, 0.25) is 5.91 Å². The molecule has 1 aliphatic rings. The van der Waals surface area contributed by atoms with Crippen LogP contribution in [-0.4, -0.2) is 26.1 Å². The Morgan fingerprint density at radius 3 is 2.48 bits per heavy atom. The van der Waals surface area contributed by atoms with Gasteiger partial charge in [0, 0.05) is 11.5 Å². The number of rotatable bonds is 5. The van der Waals surface area contributed by atoms with Gasteiger partial charge in [0.1, 0.15) is 11.4 Å². The third-order valence-corrected chi connectivity index (χ3v) is 4.08. The van der Waals surface area contributed by atoms with Crippen molar-refractivity contribution in [3.8, 4) is 5.75 Å². The SMILES string of the molecule is COC(=O)C(=Cc1ccccc1OC)NC(=O)C1CCCCC1. The normalized spacial score (nSPS) is 15.8. The number of ether oxygens (including phenoxy) is 2. The molecule has 2 rings (SSSR count). The minimum absolute atomic E-state index is 0.0329. The maximum absolute atomic E-state index is 12.4. The summed E-state index contributed by atoms with van der Waals surface area (Å²) in [6, 6.07) is 7.29. The van der Waals surface area contributed by atoms with Gasteiger partial charge >= 0.3 is 5.97 Å². The third-order valence-electron chi connectivity index (χ3n) is 4.08. The first-order valence-electron chi connectivity index (χ1n) is 7.89. The molecule has 0 unspecified atom stereocenters. The highest BCUT2D eigenvalue weighted by molar-refractivity contribution is 5.98. The van der Waals surface area contributed by atoms with Crippen LogP contribution in [0, 0.1) is 5.92 Å². The van der Waals surface area contributed by atoms with Gasteiger partial charge in [-0.25, -0.2) is 4.79 Å². The standard InChI is InChI=1S/C18H23NO4/c1-22-16-11-7-6-10-14(16)12-15(18(21)23-2)19-17(20)13-8-4-3-5-9-13/h6-7,10-13H,3-5,8-9H2,1-2H3,(H,19,20). The number of hydrogen-bond donors (Lipinski definition) is 1. The van der Waals surface area contributed by atoms with E-state index >= 15 is 0 Å². The summed E-state index contributed by atoms with van der Waals surface area (Å²) < 4.78 is 10.1. The molecule has 124 valence electrons. The van der Waals surface area contributed by atoms with E-state index in [1.807, 2.05) is 18.2 Å². The number of methoxy groups -OCH3 is 2. The maximum atomic E-state index is 12.4. The Hall–Kier alpha value is -2.30. The van der Waals surface area contributed by atoms with Crippen LogP contribution >= 0.6 is 0 Å². The summed E-state index contributed by atoms with van der Waals surface area (Å²) in [7, 11) is 2.86. The summed E-state index contributed by atoms with van der Waals surface area (Å²) in [6.07, 6.45) is 6.61. The fourth-order valence-corrected chi connectivity index (χ4v) is 2.80. The molecule has 5 heteroatoms. The lowest BCUT2D eigenvalue weighted by molar-refractivity contribution is -0.138. The molecule has 0 heterocycles. The van der Waals surface area contributed by atoms with Crippen molar-refractivity contribution in [3.63, 3.8) is 0 Å². The van der Waals surface area contributed by atoms with E-state index in [0.717, 1.165) is 25.7 Å². The van der Waals surface area contributed by atoms with E-state index in [9.17, 15) is 9.59 Å². The van der Waals surface area contributed by atoms with Crippen molar-refractivity contribution in [3.05, 3.63) is 35.5 Å². The number of para-hydroxylation sites is 1. The van der Waals surface area contributed by atoms with E-state index in [0.29, 0.717) is 11.3 Å². The molecule has 23 heavy (non-hydrogen) atoms. The fourth-order valence-electron chi connectivity index (χ4n) is 2.80. The van der Waals surface area contributed by atoms with Gasteiger partial charge in [-0.05, 0) is 25.0 Å². The highest BCUT2D eigenvalue weighted by Gasteiger charge is 2.23. The molecule has 1 aromatic carbocycles. The Labute approximate surface area is 136 Å². The molecule has 1 aliphatic carbocycles. The van der Waals surface area contributed by atoms with Crippen molar-refractivity contribution in [1.82, 2.24) is 5.32 Å². The quantitative estimate of drug-likeness (QED) is 0.670. The smallest absolute Gasteiger partial charge is 0.354 e. The zero-order valence-corrected chi connectivity index (χ0v) is 13.6. The summed E-state index contributed by atoms with van der Waals surface area (Å²) in [5.41, 5.74) is 0.840. The topological polar surface area (TPSA) is 64.6 Å². The lowest BCUT2D eigenvalue weighted by Crippen LogP contribution is -2.34. The summed E-state index contributed by atoms with van der Waals surface area (Å²) >= 11 is 0. The molecular weight excluding hydrogens is 294 g/mol. The second kappa shape index (κ2) is 8.36. The minimum Gasteiger partial charge on any atom is -0.496 e. The Bertz CT molecular complexity index is 588. The zero-order chi connectivity index (χ0) is 16.7. The molecule has 5 nitrogen and oxygen atoms in total. The molecular formula is C18H23NO4. The summed E-state index contributed by atoms with van der Waals surface area (Å²) in [5.74, 6) is -0.0911. The lowest BCUT2D eigenvalue weighted by atomic mass is 9.88. The number of carbonyl (C=O) groups is 2. The van der Waals surface area contributed by atoms with Crippen molar-refractivity contribution in [1.29, 1.82) is 0 Å². The van der Waals surface area contributed by atoms with Crippen molar-refractivity contribution in [2.24, 2.45) is 5.92 Å². The maximum Gasteiger partial charge on any atom is 0.354 e. The molecule has 0 spiro atoms. The Balaban J connectivity index is 2.21. The molecule has 0 bridgehead atoms. The molecule has 1 fully saturated rings. The number of nitrogens with one attached hydrogen (secondary N) is 1. The molecule has 0 atom stereocenters. The highest BCUT2D eigenvalue weighted by Crippen LogP contribution is 2.25. The van der Waals surface area contributed by atoms with Gasteiger partial charge in [-0.1, -0.05) is 37.5 Å². The molecule has 1 N–H and O–H groups in total. The first-order chi connectivity index (χ1) is 11.2. The average molecular weight is 317 g/mol. The average Bonchev–Trinajstić information content (AvgIpc) is 2.61. The van der Waals surface area contributed by atoms with Crippen molar-refractivity contribution < 1.29 is 19.1 Å².